The van der Waals surface area contributed by atoms with Gasteiger partial charge in [-0.15, -0.1) is 0 Å². The molecular formula is C10H23NO3S. The molecule has 4 nitrogen and oxygen atoms in total. The predicted molar refractivity (Wildman–Crippen MR) is 62.6 cm³/mol. The molecule has 5 heteroatoms. The molecule has 0 rings (SSSR count). The summed E-state index contributed by atoms with van der Waals surface area (Å²) in [5.74, 6) is 0.350. The summed E-state index contributed by atoms with van der Waals surface area (Å²) in [5, 5.41) is 12.7. The normalized spacial score (nSPS) is 18.5. The van der Waals surface area contributed by atoms with Gasteiger partial charge in [0.1, 0.15) is 9.84 Å². The quantitative estimate of drug-likeness (QED) is 0.673. The van der Waals surface area contributed by atoms with E-state index in [-0.39, 0.29) is 17.7 Å². The highest BCUT2D eigenvalue weighted by Crippen LogP contribution is 2.06. The van der Waals surface area contributed by atoms with E-state index in [1.165, 1.54) is 6.26 Å². The van der Waals surface area contributed by atoms with Crippen molar-refractivity contribution in [3.05, 3.63) is 0 Å². The average molecular weight is 237 g/mol. The van der Waals surface area contributed by atoms with Crippen LogP contribution in [-0.2, 0) is 9.84 Å². The largest absolute Gasteiger partial charge is 0.392 e. The minimum absolute atomic E-state index is 0.111. The second-order valence-electron chi connectivity index (χ2n) is 4.35. The molecule has 0 saturated heterocycles. The molecule has 0 heterocycles. The number of aliphatic hydroxyl groups is 1. The third-order valence-electron chi connectivity index (χ3n) is 2.53. The Labute approximate surface area is 93.0 Å². The van der Waals surface area contributed by atoms with Gasteiger partial charge in [-0.3, -0.25) is 0 Å². The number of hydrogen-bond donors (Lipinski definition) is 2. The Morgan fingerprint density at radius 2 is 1.87 bits per heavy atom. The van der Waals surface area contributed by atoms with Gasteiger partial charge in [0, 0.05) is 18.8 Å². The lowest BCUT2D eigenvalue weighted by Crippen LogP contribution is -2.39. The van der Waals surface area contributed by atoms with E-state index in [1.807, 2.05) is 20.8 Å². The molecule has 92 valence electrons. The lowest BCUT2D eigenvalue weighted by molar-refractivity contribution is 0.111. The van der Waals surface area contributed by atoms with Crippen molar-refractivity contribution in [2.75, 3.05) is 18.6 Å². The van der Waals surface area contributed by atoms with Gasteiger partial charge in [0.05, 0.1) is 11.9 Å². The van der Waals surface area contributed by atoms with Gasteiger partial charge in [0.2, 0.25) is 0 Å². The highest BCUT2D eigenvalue weighted by Gasteiger charge is 2.15. The summed E-state index contributed by atoms with van der Waals surface area (Å²) in [7, 11) is -2.94. The summed E-state index contributed by atoms with van der Waals surface area (Å²) in [6, 6.07) is -0.112. The monoisotopic (exact) mass is 237 g/mol. The average Bonchev–Trinajstić information content (AvgIpc) is 2.10. The minimum atomic E-state index is -2.94. The molecule has 0 aliphatic carbocycles. The van der Waals surface area contributed by atoms with E-state index in [4.69, 9.17) is 0 Å². The fraction of sp³-hybridized carbons (Fsp3) is 1.00. The molecule has 0 fully saturated rings. The van der Waals surface area contributed by atoms with E-state index in [0.29, 0.717) is 6.54 Å². The summed E-state index contributed by atoms with van der Waals surface area (Å²) in [6.45, 7) is 6.26. The van der Waals surface area contributed by atoms with Crippen molar-refractivity contribution in [3.8, 4) is 0 Å². The summed E-state index contributed by atoms with van der Waals surface area (Å²) in [4.78, 5) is 0. The van der Waals surface area contributed by atoms with Crippen molar-refractivity contribution >= 4 is 9.84 Å². The molecule has 0 saturated carbocycles. The van der Waals surface area contributed by atoms with Crippen LogP contribution >= 0.6 is 0 Å². The van der Waals surface area contributed by atoms with Crippen LogP contribution in [0.3, 0.4) is 0 Å². The van der Waals surface area contributed by atoms with E-state index >= 15 is 0 Å². The van der Waals surface area contributed by atoms with Crippen LogP contribution in [0.15, 0.2) is 0 Å². The summed E-state index contributed by atoms with van der Waals surface area (Å²) < 4.78 is 21.9. The topological polar surface area (TPSA) is 66.4 Å². The maximum Gasteiger partial charge on any atom is 0.148 e. The molecule has 0 aliphatic heterocycles. The molecule has 0 aliphatic rings. The maximum absolute atomic E-state index is 11.0. The number of aliphatic hydroxyl groups excluding tert-OH is 1. The third kappa shape index (κ3) is 7.76. The van der Waals surface area contributed by atoms with Gasteiger partial charge >= 0.3 is 0 Å². The number of hydrogen-bond acceptors (Lipinski definition) is 4. The van der Waals surface area contributed by atoms with Crippen LogP contribution in [0.4, 0.5) is 0 Å². The Kier molecular flexibility index (Phi) is 6.40. The molecule has 0 spiro atoms. The Hall–Kier alpha value is -0.130. The second-order valence-corrected chi connectivity index (χ2v) is 6.54. The molecule has 0 radical (unpaired) electrons. The zero-order valence-corrected chi connectivity index (χ0v) is 10.8. The van der Waals surface area contributed by atoms with Gasteiger partial charge in [-0.2, -0.15) is 0 Å². The smallest absolute Gasteiger partial charge is 0.148 e. The van der Waals surface area contributed by atoms with Crippen molar-refractivity contribution in [2.45, 2.75) is 39.3 Å². The molecule has 0 amide bonds. The predicted octanol–water partition coefficient (Wildman–Crippen LogP) is 0.416. The molecule has 0 bridgehead atoms. The first kappa shape index (κ1) is 14.9. The van der Waals surface area contributed by atoms with Crippen LogP contribution in [0.1, 0.15) is 27.2 Å². The number of rotatable bonds is 7. The first-order valence-corrected chi connectivity index (χ1v) is 7.41. The molecular weight excluding hydrogens is 214 g/mol. The van der Waals surface area contributed by atoms with E-state index in [1.54, 1.807) is 0 Å². The first-order chi connectivity index (χ1) is 6.76. The standard InChI is InChI=1S/C10H23NO3S/c1-5-8(2)10(12)6-11-9(3)7-15(4,13)14/h8-12H,5-7H2,1-4H3. The molecule has 3 unspecified atom stereocenters. The molecule has 0 aromatic heterocycles. The van der Waals surface area contributed by atoms with Crippen LogP contribution in [0.5, 0.6) is 0 Å². The van der Waals surface area contributed by atoms with E-state index in [9.17, 15) is 13.5 Å². The van der Waals surface area contributed by atoms with Crippen molar-refractivity contribution in [2.24, 2.45) is 5.92 Å². The molecule has 0 aromatic carbocycles. The molecule has 2 N–H and O–H groups in total. The van der Waals surface area contributed by atoms with Gasteiger partial charge in [0.15, 0.2) is 0 Å². The second kappa shape index (κ2) is 6.45. The zero-order chi connectivity index (χ0) is 12.1. The van der Waals surface area contributed by atoms with Crippen molar-refractivity contribution in [1.29, 1.82) is 0 Å². The van der Waals surface area contributed by atoms with Crippen LogP contribution in [-0.4, -0.2) is 44.2 Å². The summed E-state index contributed by atoms with van der Waals surface area (Å²) >= 11 is 0. The Balaban J connectivity index is 3.85. The Morgan fingerprint density at radius 3 is 2.27 bits per heavy atom. The van der Waals surface area contributed by atoms with Gasteiger partial charge in [0.25, 0.3) is 0 Å². The number of sulfone groups is 1. The SMILES string of the molecule is CCC(C)C(O)CNC(C)CS(C)(=O)=O. The van der Waals surface area contributed by atoms with Crippen LogP contribution in [0.2, 0.25) is 0 Å². The molecule has 15 heavy (non-hydrogen) atoms. The van der Waals surface area contributed by atoms with Crippen LogP contribution < -0.4 is 5.32 Å². The van der Waals surface area contributed by atoms with Gasteiger partial charge in [-0.25, -0.2) is 8.42 Å². The van der Waals surface area contributed by atoms with Crippen LogP contribution in [0, 0.1) is 5.92 Å². The maximum atomic E-state index is 11.0. The minimum Gasteiger partial charge on any atom is -0.392 e. The third-order valence-corrected chi connectivity index (χ3v) is 3.63. The van der Waals surface area contributed by atoms with E-state index in [2.05, 4.69) is 5.32 Å². The Morgan fingerprint density at radius 1 is 1.33 bits per heavy atom. The first-order valence-electron chi connectivity index (χ1n) is 5.35. The fourth-order valence-corrected chi connectivity index (χ4v) is 2.33. The van der Waals surface area contributed by atoms with Crippen molar-refractivity contribution < 1.29 is 13.5 Å². The number of nitrogens with one attached hydrogen (secondary N) is 1. The zero-order valence-electron chi connectivity index (χ0n) is 10.0. The van der Waals surface area contributed by atoms with Crippen LogP contribution in [0.25, 0.3) is 0 Å². The lowest BCUT2D eigenvalue weighted by atomic mass is 10.0. The highest BCUT2D eigenvalue weighted by atomic mass is 32.2. The van der Waals surface area contributed by atoms with Gasteiger partial charge < -0.3 is 10.4 Å². The summed E-state index contributed by atoms with van der Waals surface area (Å²) in [5.41, 5.74) is 0. The molecule has 3 atom stereocenters. The van der Waals surface area contributed by atoms with Crippen molar-refractivity contribution in [3.63, 3.8) is 0 Å². The highest BCUT2D eigenvalue weighted by molar-refractivity contribution is 7.90. The summed E-state index contributed by atoms with van der Waals surface area (Å²) in [6.07, 6.45) is 1.73. The van der Waals surface area contributed by atoms with E-state index < -0.39 is 15.9 Å². The Bertz CT molecular complexity index is 264. The van der Waals surface area contributed by atoms with Crippen molar-refractivity contribution in [1.82, 2.24) is 5.32 Å². The van der Waals surface area contributed by atoms with E-state index in [0.717, 1.165) is 6.42 Å². The fourth-order valence-electron chi connectivity index (χ4n) is 1.31. The van der Waals surface area contributed by atoms with Gasteiger partial charge in [-0.05, 0) is 12.8 Å². The molecule has 0 aromatic rings. The van der Waals surface area contributed by atoms with Gasteiger partial charge in [-0.1, -0.05) is 20.3 Å². The lowest BCUT2D eigenvalue weighted by Gasteiger charge is -2.20.